The van der Waals surface area contributed by atoms with E-state index >= 15 is 0 Å². The average Bonchev–Trinajstić information content (AvgIpc) is 2.54. The number of aliphatic hydroxyl groups is 1. The molecule has 2 aromatic carbocycles. The van der Waals surface area contributed by atoms with Crippen molar-refractivity contribution in [2.45, 2.75) is 26.4 Å². The molecule has 0 bridgehead atoms. The van der Waals surface area contributed by atoms with Crippen molar-refractivity contribution < 1.29 is 19.4 Å². The molecule has 2 aromatic rings. The summed E-state index contributed by atoms with van der Waals surface area (Å²) in [6.07, 6.45) is 0. The lowest BCUT2D eigenvalue weighted by molar-refractivity contribution is 0.0785. The lowest BCUT2D eigenvalue weighted by Gasteiger charge is -2.17. The number of hydrogen-bond acceptors (Lipinski definition) is 4. The van der Waals surface area contributed by atoms with E-state index in [9.17, 15) is 9.90 Å². The Hall–Kier alpha value is -2.33. The van der Waals surface area contributed by atoms with Crippen LogP contribution >= 0.6 is 0 Å². The minimum atomic E-state index is -0.772. The molecule has 0 unspecified atom stereocenters. The second-order valence-electron chi connectivity index (χ2n) is 5.57. The molecule has 4 heteroatoms. The number of benzene rings is 2. The minimum absolute atomic E-state index is 0.0765. The van der Waals surface area contributed by atoms with E-state index in [1.807, 2.05) is 24.3 Å². The molecule has 124 valence electrons. The minimum Gasteiger partial charge on any atom is -0.497 e. The molecule has 0 spiro atoms. The van der Waals surface area contributed by atoms with Gasteiger partial charge in [0.05, 0.1) is 19.8 Å². The van der Waals surface area contributed by atoms with Crippen LogP contribution in [-0.2, 0) is 5.60 Å². The Balaban J connectivity index is 0.000000231. The van der Waals surface area contributed by atoms with Crippen molar-refractivity contribution in [2.24, 2.45) is 0 Å². The number of ether oxygens (including phenoxy) is 2. The summed E-state index contributed by atoms with van der Waals surface area (Å²) in [5.41, 5.74) is 0.834. The summed E-state index contributed by atoms with van der Waals surface area (Å²) in [4.78, 5) is 10.8. The van der Waals surface area contributed by atoms with Crippen molar-refractivity contribution in [3.05, 3.63) is 59.7 Å². The van der Waals surface area contributed by atoms with Crippen LogP contribution in [-0.4, -0.2) is 25.1 Å². The van der Waals surface area contributed by atoms with Crippen LogP contribution in [0.5, 0.6) is 11.5 Å². The Kier molecular flexibility index (Phi) is 6.79. The molecule has 0 aliphatic carbocycles. The summed E-state index contributed by atoms with van der Waals surface area (Å²) in [7, 11) is 3.22. The molecule has 0 aliphatic heterocycles. The van der Waals surface area contributed by atoms with Crippen LogP contribution in [0.4, 0.5) is 0 Å². The van der Waals surface area contributed by atoms with Gasteiger partial charge in [0.2, 0.25) is 0 Å². The Morgan fingerprint density at radius 3 is 1.57 bits per heavy atom. The normalized spacial score (nSPS) is 10.3. The van der Waals surface area contributed by atoms with Crippen molar-refractivity contribution >= 4 is 5.78 Å². The number of Topliss-reactive ketones (excluding diaryl/α,β-unsaturated/α-hetero) is 1. The molecule has 0 fully saturated rings. The van der Waals surface area contributed by atoms with Gasteiger partial charge in [0, 0.05) is 5.56 Å². The van der Waals surface area contributed by atoms with Gasteiger partial charge in [0.25, 0.3) is 0 Å². The maximum Gasteiger partial charge on any atom is 0.159 e. The Morgan fingerprint density at radius 2 is 1.26 bits per heavy atom. The highest BCUT2D eigenvalue weighted by Gasteiger charge is 2.14. The number of ketones is 1. The van der Waals surface area contributed by atoms with E-state index in [0.717, 1.165) is 17.1 Å². The van der Waals surface area contributed by atoms with Gasteiger partial charge in [-0.3, -0.25) is 4.79 Å². The van der Waals surface area contributed by atoms with E-state index < -0.39 is 5.60 Å². The van der Waals surface area contributed by atoms with Gasteiger partial charge in [0.1, 0.15) is 11.5 Å². The van der Waals surface area contributed by atoms with Crippen molar-refractivity contribution in [1.82, 2.24) is 0 Å². The molecule has 0 amide bonds. The first-order valence-electron chi connectivity index (χ1n) is 7.30. The zero-order valence-electron chi connectivity index (χ0n) is 14.3. The summed E-state index contributed by atoms with van der Waals surface area (Å²) in [6.45, 7) is 5.06. The summed E-state index contributed by atoms with van der Waals surface area (Å²) in [5, 5.41) is 9.61. The van der Waals surface area contributed by atoms with Crippen molar-refractivity contribution in [3.8, 4) is 11.5 Å². The fourth-order valence-corrected chi connectivity index (χ4v) is 1.82. The van der Waals surface area contributed by atoms with Crippen LogP contribution in [0, 0.1) is 0 Å². The summed E-state index contributed by atoms with van der Waals surface area (Å²) < 4.78 is 9.94. The maximum absolute atomic E-state index is 10.8. The van der Waals surface area contributed by atoms with E-state index in [-0.39, 0.29) is 5.78 Å². The third kappa shape index (κ3) is 6.12. The summed E-state index contributed by atoms with van der Waals surface area (Å²) >= 11 is 0. The van der Waals surface area contributed by atoms with Crippen LogP contribution in [0.15, 0.2) is 48.5 Å². The fraction of sp³-hybridized carbons (Fsp3) is 0.316. The van der Waals surface area contributed by atoms with E-state index in [0.29, 0.717) is 5.56 Å². The maximum atomic E-state index is 10.8. The van der Waals surface area contributed by atoms with Gasteiger partial charge in [-0.1, -0.05) is 12.1 Å². The van der Waals surface area contributed by atoms with Crippen LogP contribution in [0.2, 0.25) is 0 Å². The molecule has 0 atom stereocenters. The number of rotatable bonds is 4. The lowest BCUT2D eigenvalue weighted by atomic mass is 9.99. The van der Waals surface area contributed by atoms with Gasteiger partial charge >= 0.3 is 0 Å². The Morgan fingerprint density at radius 1 is 0.870 bits per heavy atom. The molecule has 23 heavy (non-hydrogen) atoms. The van der Waals surface area contributed by atoms with E-state index in [1.54, 1.807) is 59.3 Å². The van der Waals surface area contributed by atoms with Gasteiger partial charge in [0.15, 0.2) is 5.78 Å². The van der Waals surface area contributed by atoms with Crippen LogP contribution in [0.25, 0.3) is 0 Å². The number of carbonyl (C=O) groups excluding carboxylic acids is 1. The molecule has 2 rings (SSSR count). The molecule has 0 radical (unpaired) electrons. The SMILES string of the molecule is COc1ccc(C(C)(C)O)cc1.COc1ccc(C(C)=O)cc1. The third-order valence-corrected chi connectivity index (χ3v) is 3.29. The van der Waals surface area contributed by atoms with Crippen LogP contribution in [0.1, 0.15) is 36.7 Å². The van der Waals surface area contributed by atoms with E-state index in [2.05, 4.69) is 0 Å². The number of carbonyl (C=O) groups is 1. The van der Waals surface area contributed by atoms with E-state index in [1.165, 1.54) is 0 Å². The molecular weight excluding hydrogens is 292 g/mol. The van der Waals surface area contributed by atoms with Crippen LogP contribution < -0.4 is 9.47 Å². The zero-order chi connectivity index (χ0) is 17.5. The molecule has 0 saturated carbocycles. The van der Waals surface area contributed by atoms with Gasteiger partial charge in [-0.05, 0) is 62.7 Å². The summed E-state index contributed by atoms with van der Waals surface area (Å²) in [6, 6.07) is 14.5. The van der Waals surface area contributed by atoms with Crippen molar-refractivity contribution in [1.29, 1.82) is 0 Å². The standard InChI is InChI=1S/C10H14O2.C9H10O2/c1-10(2,11)8-4-6-9(12-3)7-5-8;1-7(10)8-3-5-9(11-2)6-4-8/h4-7,11H,1-3H3;3-6H,1-2H3. The first kappa shape index (κ1) is 18.7. The number of hydrogen-bond donors (Lipinski definition) is 1. The average molecular weight is 316 g/mol. The topological polar surface area (TPSA) is 55.8 Å². The van der Waals surface area contributed by atoms with Crippen molar-refractivity contribution in [2.75, 3.05) is 14.2 Å². The Labute approximate surface area is 137 Å². The highest BCUT2D eigenvalue weighted by Crippen LogP contribution is 2.21. The molecule has 0 saturated heterocycles. The molecule has 0 aliphatic rings. The monoisotopic (exact) mass is 316 g/mol. The second-order valence-corrected chi connectivity index (χ2v) is 5.57. The van der Waals surface area contributed by atoms with Gasteiger partial charge in [-0.25, -0.2) is 0 Å². The fourth-order valence-electron chi connectivity index (χ4n) is 1.82. The predicted molar refractivity (Wildman–Crippen MR) is 91.2 cm³/mol. The van der Waals surface area contributed by atoms with Gasteiger partial charge in [-0.15, -0.1) is 0 Å². The van der Waals surface area contributed by atoms with Crippen molar-refractivity contribution in [3.63, 3.8) is 0 Å². The highest BCUT2D eigenvalue weighted by molar-refractivity contribution is 5.94. The largest absolute Gasteiger partial charge is 0.497 e. The molecule has 1 N–H and O–H groups in total. The molecule has 4 nitrogen and oxygen atoms in total. The lowest BCUT2D eigenvalue weighted by Crippen LogP contribution is -2.14. The molecule has 0 heterocycles. The third-order valence-electron chi connectivity index (χ3n) is 3.29. The first-order chi connectivity index (χ1) is 10.8. The van der Waals surface area contributed by atoms with Gasteiger partial charge < -0.3 is 14.6 Å². The van der Waals surface area contributed by atoms with Crippen LogP contribution in [0.3, 0.4) is 0 Å². The Bertz CT molecular complexity index is 607. The first-order valence-corrected chi connectivity index (χ1v) is 7.30. The number of methoxy groups -OCH3 is 2. The molecular formula is C19H24O4. The summed E-state index contributed by atoms with van der Waals surface area (Å²) in [5.74, 6) is 1.66. The quantitative estimate of drug-likeness (QED) is 0.871. The molecule has 0 aromatic heterocycles. The van der Waals surface area contributed by atoms with Gasteiger partial charge in [-0.2, -0.15) is 0 Å². The highest BCUT2D eigenvalue weighted by atomic mass is 16.5. The second kappa shape index (κ2) is 8.34. The van der Waals surface area contributed by atoms with E-state index in [4.69, 9.17) is 9.47 Å². The smallest absolute Gasteiger partial charge is 0.159 e. The predicted octanol–water partition coefficient (Wildman–Crippen LogP) is 3.82. The zero-order valence-corrected chi connectivity index (χ0v) is 14.3.